The maximum absolute atomic E-state index is 12.3. The summed E-state index contributed by atoms with van der Waals surface area (Å²) < 4.78 is 0. The van der Waals surface area contributed by atoms with E-state index in [2.05, 4.69) is 15.5 Å². The Kier molecular flexibility index (Phi) is 3.27. The first-order valence-electron chi connectivity index (χ1n) is 7.74. The normalized spacial score (nSPS) is 13.2. The molecule has 1 aliphatic heterocycles. The van der Waals surface area contributed by atoms with Gasteiger partial charge in [-0.05, 0) is 13.0 Å². The van der Waals surface area contributed by atoms with Crippen LogP contribution in [0.3, 0.4) is 0 Å². The summed E-state index contributed by atoms with van der Waals surface area (Å²) in [5.41, 5.74) is 7.52. The van der Waals surface area contributed by atoms with Gasteiger partial charge in [0, 0.05) is 17.9 Å². The number of amidine groups is 1. The summed E-state index contributed by atoms with van der Waals surface area (Å²) in [6, 6.07) is 15.7. The van der Waals surface area contributed by atoms with Crippen molar-refractivity contribution in [2.75, 3.05) is 10.3 Å². The molecule has 3 aromatic rings. The lowest BCUT2D eigenvalue weighted by atomic mass is 10.1. The zero-order valence-electron chi connectivity index (χ0n) is 13.4. The summed E-state index contributed by atoms with van der Waals surface area (Å²) >= 11 is 0. The Hall–Kier alpha value is -3.21. The van der Waals surface area contributed by atoms with Crippen LogP contribution in [0, 0.1) is 6.92 Å². The third-order valence-corrected chi connectivity index (χ3v) is 4.11. The van der Waals surface area contributed by atoms with Gasteiger partial charge in [0.05, 0.1) is 23.1 Å². The van der Waals surface area contributed by atoms with Crippen LogP contribution in [-0.4, -0.2) is 16.7 Å². The van der Waals surface area contributed by atoms with Gasteiger partial charge >= 0.3 is 0 Å². The Labute approximate surface area is 139 Å². The van der Waals surface area contributed by atoms with Crippen molar-refractivity contribution in [3.05, 3.63) is 65.9 Å². The van der Waals surface area contributed by atoms with Crippen LogP contribution in [0.4, 0.5) is 11.4 Å². The molecule has 0 spiro atoms. The average Bonchev–Trinajstić information content (AvgIpc) is 2.61. The van der Waals surface area contributed by atoms with Crippen molar-refractivity contribution in [2.45, 2.75) is 13.8 Å². The van der Waals surface area contributed by atoms with Gasteiger partial charge in [0.25, 0.3) is 0 Å². The first-order chi connectivity index (χ1) is 11.6. The molecule has 4 rings (SSSR count). The molecular weight excluding hydrogens is 300 g/mol. The van der Waals surface area contributed by atoms with E-state index in [1.54, 1.807) is 11.1 Å². The van der Waals surface area contributed by atoms with E-state index >= 15 is 0 Å². The molecule has 0 fully saturated rings. The number of aryl methyl sites for hydroxylation is 1. The molecule has 24 heavy (non-hydrogen) atoms. The van der Waals surface area contributed by atoms with Crippen LogP contribution in [0.2, 0.25) is 0 Å². The number of carbonyl (C=O) groups excluding carboxylic acids is 1. The number of benzene rings is 2. The van der Waals surface area contributed by atoms with Crippen LogP contribution in [0.25, 0.3) is 10.9 Å². The number of pyridine rings is 1. The molecule has 2 heterocycles. The van der Waals surface area contributed by atoms with E-state index in [9.17, 15) is 4.79 Å². The van der Waals surface area contributed by atoms with Crippen LogP contribution < -0.4 is 10.3 Å². The maximum Gasteiger partial charge on any atom is 0.229 e. The molecule has 1 aromatic heterocycles. The second kappa shape index (κ2) is 5.45. The van der Waals surface area contributed by atoms with Gasteiger partial charge in [-0.3, -0.25) is 20.1 Å². The number of nitrogens with one attached hydrogen (secondary N) is 1. The second-order valence-corrected chi connectivity index (χ2v) is 5.80. The summed E-state index contributed by atoms with van der Waals surface area (Å²) in [7, 11) is 0. The lowest BCUT2D eigenvalue weighted by molar-refractivity contribution is -0.115. The van der Waals surface area contributed by atoms with Gasteiger partial charge in [-0.25, -0.2) is 0 Å². The van der Waals surface area contributed by atoms with Crippen LogP contribution in [0.15, 0.2) is 59.8 Å². The highest BCUT2D eigenvalue weighted by molar-refractivity contribution is 6.26. The molecule has 5 heteroatoms. The van der Waals surface area contributed by atoms with E-state index in [4.69, 9.17) is 0 Å². The SMILES string of the molecule is CC(=O)N1C(c2ccc(C)cc2)=NNc2c1cnc1ccccc21. The fourth-order valence-electron chi connectivity index (χ4n) is 2.91. The predicted octanol–water partition coefficient (Wildman–Crippen LogP) is 3.68. The van der Waals surface area contributed by atoms with Crippen LogP contribution in [0.5, 0.6) is 0 Å². The van der Waals surface area contributed by atoms with Gasteiger partial charge in [-0.1, -0.05) is 48.0 Å². The smallest absolute Gasteiger partial charge is 0.229 e. The first-order valence-corrected chi connectivity index (χ1v) is 7.74. The highest BCUT2D eigenvalue weighted by Gasteiger charge is 2.27. The topological polar surface area (TPSA) is 57.6 Å². The summed E-state index contributed by atoms with van der Waals surface area (Å²) in [4.78, 5) is 18.4. The largest absolute Gasteiger partial charge is 0.274 e. The number of rotatable bonds is 1. The lowest BCUT2D eigenvalue weighted by Crippen LogP contribution is -2.39. The lowest BCUT2D eigenvalue weighted by Gasteiger charge is -2.29. The van der Waals surface area contributed by atoms with Gasteiger partial charge in [0.2, 0.25) is 5.91 Å². The fourth-order valence-corrected chi connectivity index (χ4v) is 2.91. The Bertz CT molecular complexity index is 976. The number of hydrazone groups is 1. The quantitative estimate of drug-likeness (QED) is 0.745. The highest BCUT2D eigenvalue weighted by Crippen LogP contribution is 2.36. The van der Waals surface area contributed by atoms with Crippen LogP contribution >= 0.6 is 0 Å². The van der Waals surface area contributed by atoms with Crippen molar-refractivity contribution in [1.29, 1.82) is 0 Å². The van der Waals surface area contributed by atoms with Gasteiger partial charge < -0.3 is 0 Å². The predicted molar refractivity (Wildman–Crippen MR) is 96.2 cm³/mol. The minimum Gasteiger partial charge on any atom is -0.274 e. The Morgan fingerprint density at radius 1 is 1.08 bits per heavy atom. The maximum atomic E-state index is 12.3. The van der Waals surface area contributed by atoms with E-state index in [0.717, 1.165) is 27.7 Å². The molecule has 0 atom stereocenters. The number of hydrogen-bond donors (Lipinski definition) is 1. The van der Waals surface area contributed by atoms with E-state index < -0.39 is 0 Å². The third kappa shape index (κ3) is 2.22. The minimum atomic E-state index is -0.103. The molecule has 0 radical (unpaired) electrons. The highest BCUT2D eigenvalue weighted by atomic mass is 16.2. The molecule has 1 amide bonds. The molecule has 2 aromatic carbocycles. The molecule has 0 saturated heterocycles. The molecule has 5 nitrogen and oxygen atoms in total. The number of hydrogen-bond acceptors (Lipinski definition) is 4. The van der Waals surface area contributed by atoms with Crippen LogP contribution in [-0.2, 0) is 4.79 Å². The fraction of sp³-hybridized carbons (Fsp3) is 0.105. The van der Waals surface area contributed by atoms with Crippen molar-refractivity contribution in [3.8, 4) is 0 Å². The van der Waals surface area contributed by atoms with Crippen molar-refractivity contribution < 1.29 is 4.79 Å². The second-order valence-electron chi connectivity index (χ2n) is 5.80. The Morgan fingerprint density at radius 2 is 1.83 bits per heavy atom. The summed E-state index contributed by atoms with van der Waals surface area (Å²) in [6.45, 7) is 3.56. The standard InChI is InChI=1S/C19H16N4O/c1-12-7-9-14(10-8-12)19-22-21-18-15-5-3-4-6-16(15)20-11-17(18)23(19)13(2)24/h3-11,21H,1-2H3. The number of para-hydroxylation sites is 1. The van der Waals surface area contributed by atoms with E-state index in [0.29, 0.717) is 11.5 Å². The van der Waals surface area contributed by atoms with Gasteiger partial charge in [-0.2, -0.15) is 5.10 Å². The molecule has 0 bridgehead atoms. The van der Waals surface area contributed by atoms with Crippen molar-refractivity contribution in [2.24, 2.45) is 5.10 Å². The number of carbonyl (C=O) groups is 1. The van der Waals surface area contributed by atoms with E-state index in [-0.39, 0.29) is 5.91 Å². The van der Waals surface area contributed by atoms with Crippen LogP contribution in [0.1, 0.15) is 18.1 Å². The zero-order valence-corrected chi connectivity index (χ0v) is 13.4. The molecule has 1 N–H and O–H groups in total. The zero-order chi connectivity index (χ0) is 16.7. The van der Waals surface area contributed by atoms with E-state index in [1.807, 2.05) is 55.5 Å². The van der Waals surface area contributed by atoms with Gasteiger partial charge in [-0.15, -0.1) is 0 Å². The third-order valence-electron chi connectivity index (χ3n) is 4.11. The average molecular weight is 316 g/mol. The summed E-state index contributed by atoms with van der Waals surface area (Å²) in [5, 5.41) is 5.41. The Balaban J connectivity index is 1.90. The number of fused-ring (bicyclic) bond motifs is 3. The van der Waals surface area contributed by atoms with Gasteiger partial charge in [0.1, 0.15) is 0 Å². The number of anilines is 2. The number of nitrogens with zero attached hydrogens (tertiary/aromatic N) is 3. The molecule has 0 unspecified atom stereocenters. The minimum absolute atomic E-state index is 0.103. The first kappa shape index (κ1) is 14.4. The molecule has 118 valence electrons. The molecule has 0 saturated carbocycles. The van der Waals surface area contributed by atoms with Crippen molar-refractivity contribution in [1.82, 2.24) is 4.98 Å². The summed E-state index contributed by atoms with van der Waals surface area (Å²) in [6.07, 6.45) is 1.72. The van der Waals surface area contributed by atoms with Crippen molar-refractivity contribution >= 4 is 34.0 Å². The number of amides is 1. The van der Waals surface area contributed by atoms with Gasteiger partial charge in [0.15, 0.2) is 5.84 Å². The Morgan fingerprint density at radius 3 is 2.58 bits per heavy atom. The summed E-state index contributed by atoms with van der Waals surface area (Å²) in [5.74, 6) is 0.473. The van der Waals surface area contributed by atoms with E-state index in [1.165, 1.54) is 6.92 Å². The molecular formula is C19H16N4O. The molecule has 1 aliphatic rings. The monoisotopic (exact) mass is 316 g/mol. The molecule has 0 aliphatic carbocycles. The number of aromatic nitrogens is 1. The van der Waals surface area contributed by atoms with Crippen molar-refractivity contribution in [3.63, 3.8) is 0 Å².